The lowest BCUT2D eigenvalue weighted by molar-refractivity contribution is 0.628. The minimum Gasteiger partial charge on any atom is -0.352 e. The van der Waals surface area contributed by atoms with Crippen LogP contribution in [0.1, 0.15) is 5.82 Å². The predicted octanol–water partition coefficient (Wildman–Crippen LogP) is 4.36. The number of halogens is 2. The second kappa shape index (κ2) is 5.42. The van der Waals surface area contributed by atoms with Gasteiger partial charge >= 0.3 is 0 Å². The van der Waals surface area contributed by atoms with Crippen molar-refractivity contribution >= 4 is 44.9 Å². The number of nitrogens with zero attached hydrogens (tertiary/aromatic N) is 4. The average molecular weight is 342 g/mol. The zero-order valence-corrected chi connectivity index (χ0v) is 13.8. The molecule has 0 radical (unpaired) electrons. The van der Waals surface area contributed by atoms with Crippen LogP contribution in [0.4, 0.5) is 15.8 Å². The van der Waals surface area contributed by atoms with Gasteiger partial charge < -0.3 is 9.88 Å². The van der Waals surface area contributed by atoms with Crippen LogP contribution in [0, 0.1) is 12.7 Å². The van der Waals surface area contributed by atoms with Crippen LogP contribution in [-0.4, -0.2) is 19.5 Å². The number of rotatable bonds is 2. The third-order valence-electron chi connectivity index (χ3n) is 3.97. The summed E-state index contributed by atoms with van der Waals surface area (Å²) in [7, 11) is 1.94. The maximum absolute atomic E-state index is 13.4. The topological polar surface area (TPSA) is 55.6 Å². The van der Waals surface area contributed by atoms with Crippen molar-refractivity contribution in [2.75, 3.05) is 5.32 Å². The van der Waals surface area contributed by atoms with Gasteiger partial charge in [0.1, 0.15) is 23.5 Å². The number of hydrogen-bond acceptors (Lipinski definition) is 4. The van der Waals surface area contributed by atoms with E-state index in [0.29, 0.717) is 11.2 Å². The van der Waals surface area contributed by atoms with Crippen LogP contribution in [0.15, 0.2) is 36.8 Å². The molecule has 0 amide bonds. The summed E-state index contributed by atoms with van der Waals surface area (Å²) >= 11 is 5.88. The molecule has 0 saturated heterocycles. The van der Waals surface area contributed by atoms with E-state index in [0.717, 1.165) is 27.9 Å². The highest BCUT2D eigenvalue weighted by Crippen LogP contribution is 2.33. The summed E-state index contributed by atoms with van der Waals surface area (Å²) in [5.41, 5.74) is 3.64. The smallest absolute Gasteiger partial charge is 0.141 e. The second-order valence-corrected chi connectivity index (χ2v) is 5.99. The van der Waals surface area contributed by atoms with E-state index >= 15 is 0 Å². The number of benzene rings is 2. The molecule has 2 aromatic carbocycles. The molecule has 0 saturated carbocycles. The number of fused-ring (bicyclic) bond motifs is 2. The van der Waals surface area contributed by atoms with E-state index in [4.69, 9.17) is 11.6 Å². The first-order valence-corrected chi connectivity index (χ1v) is 7.70. The Morgan fingerprint density at radius 3 is 2.79 bits per heavy atom. The molecule has 5 nitrogen and oxygen atoms in total. The Morgan fingerprint density at radius 1 is 1.17 bits per heavy atom. The number of nitrogens with one attached hydrogen (secondary N) is 1. The van der Waals surface area contributed by atoms with Gasteiger partial charge in [-0.25, -0.2) is 19.3 Å². The molecule has 24 heavy (non-hydrogen) atoms. The molecule has 0 aliphatic carbocycles. The van der Waals surface area contributed by atoms with Gasteiger partial charge in [0.15, 0.2) is 0 Å². The summed E-state index contributed by atoms with van der Waals surface area (Å²) in [6.07, 6.45) is 3.51. The molecule has 2 aromatic heterocycles. The van der Waals surface area contributed by atoms with Crippen LogP contribution in [0.25, 0.3) is 21.9 Å². The molecule has 0 aliphatic rings. The molecule has 0 unspecified atom stereocenters. The molecule has 0 bridgehead atoms. The Morgan fingerprint density at radius 2 is 2.00 bits per heavy atom. The number of hydrogen-bond donors (Lipinski definition) is 1. The van der Waals surface area contributed by atoms with Gasteiger partial charge in [-0.3, -0.25) is 0 Å². The Balaban J connectivity index is 1.97. The van der Waals surface area contributed by atoms with Crippen molar-refractivity contribution in [2.24, 2.45) is 7.05 Å². The SMILES string of the molecule is Cc1nc2c(Nc3ccc(F)c(Cl)c3)c3ncnc3cc2cn1C. The molecule has 120 valence electrons. The normalized spacial score (nSPS) is 11.3. The monoisotopic (exact) mass is 341 g/mol. The zero-order valence-electron chi connectivity index (χ0n) is 13.0. The molecule has 4 rings (SSSR count). The predicted molar refractivity (Wildman–Crippen MR) is 93.2 cm³/mol. The summed E-state index contributed by atoms with van der Waals surface area (Å²) in [4.78, 5) is 13.3. The van der Waals surface area contributed by atoms with Crippen LogP contribution < -0.4 is 5.32 Å². The summed E-state index contributed by atoms with van der Waals surface area (Å²) in [6.45, 7) is 1.93. The number of anilines is 2. The van der Waals surface area contributed by atoms with Crippen LogP contribution >= 0.6 is 11.6 Å². The lowest BCUT2D eigenvalue weighted by Crippen LogP contribution is -2.02. The van der Waals surface area contributed by atoms with Crippen molar-refractivity contribution in [1.82, 2.24) is 19.5 Å². The van der Waals surface area contributed by atoms with E-state index < -0.39 is 5.82 Å². The molecular weight excluding hydrogens is 329 g/mol. The van der Waals surface area contributed by atoms with Crippen molar-refractivity contribution in [1.29, 1.82) is 0 Å². The first-order chi connectivity index (χ1) is 11.5. The first kappa shape index (κ1) is 14.8. The van der Waals surface area contributed by atoms with Crippen LogP contribution in [-0.2, 0) is 7.05 Å². The summed E-state index contributed by atoms with van der Waals surface area (Å²) in [5.74, 6) is 0.404. The first-order valence-electron chi connectivity index (χ1n) is 7.32. The Kier molecular flexibility index (Phi) is 3.35. The van der Waals surface area contributed by atoms with Crippen LogP contribution in [0.5, 0.6) is 0 Å². The molecule has 7 heteroatoms. The molecular formula is C17H13ClFN5. The van der Waals surface area contributed by atoms with E-state index in [1.165, 1.54) is 18.5 Å². The third-order valence-corrected chi connectivity index (χ3v) is 4.26. The highest BCUT2D eigenvalue weighted by molar-refractivity contribution is 6.31. The third kappa shape index (κ3) is 2.35. The van der Waals surface area contributed by atoms with Gasteiger partial charge in [-0.1, -0.05) is 11.6 Å². The maximum Gasteiger partial charge on any atom is 0.141 e. The van der Waals surface area contributed by atoms with Gasteiger partial charge in [0.25, 0.3) is 0 Å². The Bertz CT molecular complexity index is 1090. The van der Waals surface area contributed by atoms with E-state index in [-0.39, 0.29) is 5.02 Å². The van der Waals surface area contributed by atoms with Crippen LogP contribution in [0.3, 0.4) is 0 Å². The van der Waals surface area contributed by atoms with Gasteiger partial charge in [-0.15, -0.1) is 0 Å². The minimum absolute atomic E-state index is 0.0561. The molecule has 4 aromatic rings. The summed E-state index contributed by atoms with van der Waals surface area (Å²) < 4.78 is 15.3. The number of aryl methyl sites for hydroxylation is 2. The second-order valence-electron chi connectivity index (χ2n) is 5.58. The van der Waals surface area contributed by atoms with E-state index in [1.807, 2.05) is 30.8 Å². The van der Waals surface area contributed by atoms with Crippen LogP contribution in [0.2, 0.25) is 5.02 Å². The lowest BCUT2D eigenvalue weighted by atomic mass is 10.1. The van der Waals surface area contributed by atoms with Crippen molar-refractivity contribution in [3.63, 3.8) is 0 Å². The van der Waals surface area contributed by atoms with E-state index in [2.05, 4.69) is 20.3 Å². The van der Waals surface area contributed by atoms with Crippen molar-refractivity contribution in [3.05, 3.63) is 53.5 Å². The fraction of sp³-hybridized carbons (Fsp3) is 0.118. The average Bonchev–Trinajstić information content (AvgIpc) is 3.01. The highest BCUT2D eigenvalue weighted by Gasteiger charge is 2.14. The van der Waals surface area contributed by atoms with Crippen molar-refractivity contribution < 1.29 is 4.39 Å². The summed E-state index contributed by atoms with van der Waals surface area (Å²) in [5, 5.41) is 4.26. The van der Waals surface area contributed by atoms with E-state index in [9.17, 15) is 4.39 Å². The van der Waals surface area contributed by atoms with Crippen molar-refractivity contribution in [2.45, 2.75) is 6.92 Å². The summed E-state index contributed by atoms with van der Waals surface area (Å²) in [6, 6.07) is 6.43. The molecule has 0 fully saturated rings. The van der Waals surface area contributed by atoms with Gasteiger partial charge in [-0.2, -0.15) is 0 Å². The molecule has 0 atom stereocenters. The molecule has 1 N–H and O–H groups in total. The Labute approximate surface area is 142 Å². The zero-order chi connectivity index (χ0) is 16.8. The lowest BCUT2D eigenvalue weighted by Gasteiger charge is -2.13. The number of aromatic nitrogens is 4. The fourth-order valence-electron chi connectivity index (χ4n) is 2.64. The minimum atomic E-state index is -0.459. The van der Waals surface area contributed by atoms with Gasteiger partial charge in [0.2, 0.25) is 0 Å². The van der Waals surface area contributed by atoms with E-state index in [1.54, 1.807) is 6.07 Å². The standard InChI is InChI=1S/C17H13ClFN5/c1-9-22-15-10(7-24(9)2)5-14-16(21-8-20-14)17(15)23-11-3-4-13(19)12(18)6-11/h3-8,23H,1-2H3. The van der Waals surface area contributed by atoms with Gasteiger partial charge in [0.05, 0.1) is 21.7 Å². The fourth-order valence-corrected chi connectivity index (χ4v) is 2.83. The molecule has 0 spiro atoms. The maximum atomic E-state index is 13.4. The molecule has 2 heterocycles. The highest BCUT2D eigenvalue weighted by atomic mass is 35.5. The van der Waals surface area contributed by atoms with Crippen molar-refractivity contribution in [3.8, 4) is 0 Å². The largest absolute Gasteiger partial charge is 0.352 e. The van der Waals surface area contributed by atoms with Gasteiger partial charge in [0, 0.05) is 24.3 Å². The number of imidazole rings is 1. The molecule has 0 aliphatic heterocycles. The Hall–Kier alpha value is -2.73. The quantitative estimate of drug-likeness (QED) is 0.588. The van der Waals surface area contributed by atoms with Gasteiger partial charge in [-0.05, 0) is 31.2 Å².